The van der Waals surface area contributed by atoms with Gasteiger partial charge in [0.05, 0.1) is 19.3 Å². The highest BCUT2D eigenvalue weighted by molar-refractivity contribution is 5.88. The first-order valence-electron chi connectivity index (χ1n) is 6.43. The van der Waals surface area contributed by atoms with E-state index in [4.69, 9.17) is 10.3 Å². The minimum Gasteiger partial charge on any atom is -0.466 e. The fourth-order valence-electron chi connectivity index (χ4n) is 2.37. The van der Waals surface area contributed by atoms with Crippen LogP contribution in [0.4, 0.5) is 0 Å². The molecule has 19 heavy (non-hydrogen) atoms. The number of ether oxygens (including phenoxy) is 1. The predicted octanol–water partition coefficient (Wildman–Crippen LogP) is 2.44. The number of azide groups is 1. The fourth-order valence-corrected chi connectivity index (χ4v) is 2.37. The van der Waals surface area contributed by atoms with Gasteiger partial charge in [-0.2, -0.15) is 0 Å². The summed E-state index contributed by atoms with van der Waals surface area (Å²) < 4.78 is 4.72. The Morgan fingerprint density at radius 1 is 1.58 bits per heavy atom. The van der Waals surface area contributed by atoms with Gasteiger partial charge in [-0.25, -0.2) is 4.79 Å². The largest absolute Gasteiger partial charge is 0.466 e. The van der Waals surface area contributed by atoms with E-state index >= 15 is 0 Å². The van der Waals surface area contributed by atoms with Crippen LogP contribution < -0.4 is 0 Å². The Balaban J connectivity index is 3.10. The summed E-state index contributed by atoms with van der Waals surface area (Å²) in [4.78, 5) is 14.4. The highest BCUT2D eigenvalue weighted by Gasteiger charge is 2.37. The molecular formula is C13H21N3O3. The molecule has 0 saturated heterocycles. The Labute approximate surface area is 113 Å². The van der Waals surface area contributed by atoms with E-state index in [2.05, 4.69) is 23.9 Å². The van der Waals surface area contributed by atoms with Crippen LogP contribution in [0.5, 0.6) is 0 Å². The van der Waals surface area contributed by atoms with Crippen LogP contribution in [0.2, 0.25) is 0 Å². The minimum atomic E-state index is -0.762. The van der Waals surface area contributed by atoms with E-state index in [1.165, 1.54) is 7.11 Å². The van der Waals surface area contributed by atoms with Gasteiger partial charge < -0.3 is 9.84 Å². The molecule has 1 unspecified atom stereocenters. The lowest BCUT2D eigenvalue weighted by Crippen LogP contribution is -2.40. The Kier molecular flexibility index (Phi) is 5.39. The number of aliphatic hydroxyl groups is 1. The molecule has 0 aromatic carbocycles. The van der Waals surface area contributed by atoms with E-state index in [1.54, 1.807) is 6.08 Å². The molecule has 0 aromatic rings. The third-order valence-electron chi connectivity index (χ3n) is 3.92. The van der Waals surface area contributed by atoms with Crippen LogP contribution in [-0.2, 0) is 9.53 Å². The topological polar surface area (TPSA) is 95.3 Å². The van der Waals surface area contributed by atoms with Gasteiger partial charge in [0.15, 0.2) is 0 Å². The van der Waals surface area contributed by atoms with Crippen molar-refractivity contribution in [1.82, 2.24) is 0 Å². The monoisotopic (exact) mass is 267 g/mol. The number of carbonyl (C=O) groups is 1. The van der Waals surface area contributed by atoms with Gasteiger partial charge in [-0.05, 0) is 23.8 Å². The van der Waals surface area contributed by atoms with Crippen molar-refractivity contribution in [3.63, 3.8) is 0 Å². The average Bonchev–Trinajstić information content (AvgIpc) is 2.39. The molecule has 0 aromatic heterocycles. The van der Waals surface area contributed by atoms with Crippen molar-refractivity contribution in [3.05, 3.63) is 22.1 Å². The lowest BCUT2D eigenvalue weighted by atomic mass is 9.74. The van der Waals surface area contributed by atoms with Crippen molar-refractivity contribution in [3.8, 4) is 0 Å². The summed E-state index contributed by atoms with van der Waals surface area (Å²) in [6.07, 6.45) is 1.23. The lowest BCUT2D eigenvalue weighted by Gasteiger charge is -2.35. The van der Waals surface area contributed by atoms with Gasteiger partial charge in [0.1, 0.15) is 0 Å². The summed E-state index contributed by atoms with van der Waals surface area (Å²) in [5, 5.41) is 13.9. The van der Waals surface area contributed by atoms with E-state index in [1.807, 2.05) is 6.92 Å². The van der Waals surface area contributed by atoms with E-state index in [-0.39, 0.29) is 18.3 Å². The Hall–Kier alpha value is -1.52. The van der Waals surface area contributed by atoms with Crippen LogP contribution in [0, 0.1) is 17.8 Å². The van der Waals surface area contributed by atoms with Crippen molar-refractivity contribution < 1.29 is 14.6 Å². The molecule has 0 spiro atoms. The summed E-state index contributed by atoms with van der Waals surface area (Å²) >= 11 is 0. The molecule has 0 amide bonds. The third-order valence-corrected chi connectivity index (χ3v) is 3.92. The number of aliphatic hydroxyl groups excluding tert-OH is 1. The molecular weight excluding hydrogens is 246 g/mol. The van der Waals surface area contributed by atoms with Gasteiger partial charge in [-0.1, -0.05) is 32.0 Å². The second-order valence-electron chi connectivity index (χ2n) is 5.33. The highest BCUT2D eigenvalue weighted by Crippen LogP contribution is 2.34. The fraction of sp³-hybridized carbons (Fsp3) is 0.769. The molecule has 1 rings (SSSR count). The van der Waals surface area contributed by atoms with Crippen molar-refractivity contribution in [2.45, 2.75) is 39.3 Å². The first-order valence-corrected chi connectivity index (χ1v) is 6.43. The Bertz CT molecular complexity index is 413. The Morgan fingerprint density at radius 2 is 2.21 bits per heavy atom. The highest BCUT2D eigenvalue weighted by atomic mass is 16.5. The van der Waals surface area contributed by atoms with E-state index in [0.717, 1.165) is 0 Å². The van der Waals surface area contributed by atoms with Crippen LogP contribution in [0.25, 0.3) is 10.4 Å². The lowest BCUT2D eigenvalue weighted by molar-refractivity contribution is -0.136. The van der Waals surface area contributed by atoms with Crippen LogP contribution in [0.15, 0.2) is 16.8 Å². The van der Waals surface area contributed by atoms with Gasteiger partial charge in [0.25, 0.3) is 0 Å². The number of rotatable bonds is 4. The molecule has 6 heteroatoms. The Morgan fingerprint density at radius 3 is 2.68 bits per heavy atom. The molecule has 1 aliphatic rings. The number of carbonyl (C=O) groups excluding carboxylic acids is 1. The van der Waals surface area contributed by atoms with Crippen molar-refractivity contribution in [2.24, 2.45) is 22.9 Å². The van der Waals surface area contributed by atoms with Crippen LogP contribution >= 0.6 is 0 Å². The maximum atomic E-state index is 11.7. The number of hydrogen-bond donors (Lipinski definition) is 1. The predicted molar refractivity (Wildman–Crippen MR) is 71.1 cm³/mol. The van der Waals surface area contributed by atoms with Crippen LogP contribution in [0.3, 0.4) is 0 Å². The zero-order valence-electron chi connectivity index (χ0n) is 11.8. The number of methoxy groups -OCH3 is 1. The molecule has 106 valence electrons. The summed E-state index contributed by atoms with van der Waals surface area (Å²) in [7, 11) is 1.32. The first-order chi connectivity index (χ1) is 8.92. The third kappa shape index (κ3) is 3.49. The van der Waals surface area contributed by atoms with Gasteiger partial charge >= 0.3 is 5.97 Å². The summed E-state index contributed by atoms with van der Waals surface area (Å²) in [6, 6.07) is -0.615. The SMILES string of the molecule is COC(=O)C1=C[C@@H](C(C)C(C)C)[C@@H](O)[C@H](N=[N+]=[N-])C1. The van der Waals surface area contributed by atoms with E-state index < -0.39 is 18.1 Å². The minimum absolute atomic E-state index is 0.173. The zero-order chi connectivity index (χ0) is 14.6. The van der Waals surface area contributed by atoms with Crippen molar-refractivity contribution in [1.29, 1.82) is 0 Å². The molecule has 0 heterocycles. The molecule has 1 N–H and O–H groups in total. The number of nitrogens with zero attached hydrogens (tertiary/aromatic N) is 3. The van der Waals surface area contributed by atoms with E-state index in [0.29, 0.717) is 11.5 Å². The van der Waals surface area contributed by atoms with Crippen LogP contribution in [0.1, 0.15) is 27.2 Å². The van der Waals surface area contributed by atoms with Gasteiger partial charge in [-0.3, -0.25) is 0 Å². The molecule has 6 nitrogen and oxygen atoms in total. The summed E-state index contributed by atoms with van der Waals surface area (Å²) in [6.45, 7) is 6.13. The zero-order valence-corrected chi connectivity index (χ0v) is 11.8. The molecule has 4 atom stereocenters. The number of esters is 1. The second kappa shape index (κ2) is 6.59. The van der Waals surface area contributed by atoms with Crippen molar-refractivity contribution in [2.75, 3.05) is 7.11 Å². The maximum absolute atomic E-state index is 11.7. The molecule has 0 saturated carbocycles. The van der Waals surface area contributed by atoms with Gasteiger partial charge in [0.2, 0.25) is 0 Å². The molecule has 0 aliphatic heterocycles. The van der Waals surface area contributed by atoms with E-state index in [9.17, 15) is 9.90 Å². The summed E-state index contributed by atoms with van der Waals surface area (Å²) in [5.74, 6) is -0.115. The number of hydrogen-bond acceptors (Lipinski definition) is 4. The maximum Gasteiger partial charge on any atom is 0.333 e. The molecule has 1 aliphatic carbocycles. The van der Waals surface area contributed by atoms with Gasteiger partial charge in [-0.15, -0.1) is 0 Å². The van der Waals surface area contributed by atoms with Gasteiger partial charge in [0, 0.05) is 16.4 Å². The molecule has 0 radical (unpaired) electrons. The van der Waals surface area contributed by atoms with Crippen LogP contribution in [-0.4, -0.2) is 30.3 Å². The van der Waals surface area contributed by atoms with Crippen molar-refractivity contribution >= 4 is 5.97 Å². The second-order valence-corrected chi connectivity index (χ2v) is 5.33. The normalized spacial score (nSPS) is 28.3. The molecule has 0 fully saturated rings. The average molecular weight is 267 g/mol. The quantitative estimate of drug-likeness (QED) is 0.366. The molecule has 0 bridgehead atoms. The summed E-state index contributed by atoms with van der Waals surface area (Å²) in [5.41, 5.74) is 9.04. The standard InChI is InChI=1S/C13H21N3O3/c1-7(2)8(3)10-5-9(13(18)19-4)6-11(12(10)17)15-16-14/h5,7-8,10-12,17H,6H2,1-4H3/t8?,10-,11+,12+/m0/s1. The smallest absolute Gasteiger partial charge is 0.333 e. The first kappa shape index (κ1) is 15.5.